The number of hydrogen-bond acceptors (Lipinski definition) is 7. The zero-order valence-electron chi connectivity index (χ0n) is 17.8. The average molecular weight is 421 g/mol. The number of ether oxygens (including phenoxy) is 2. The van der Waals surface area contributed by atoms with Crippen LogP contribution in [0.4, 0.5) is 0 Å². The number of nitrogens with zero attached hydrogens (tertiary/aromatic N) is 5. The molecule has 8 heteroatoms. The fourth-order valence-electron chi connectivity index (χ4n) is 4.35. The van der Waals surface area contributed by atoms with Crippen molar-refractivity contribution in [1.82, 2.24) is 29.7 Å². The van der Waals surface area contributed by atoms with E-state index in [2.05, 4.69) is 38.4 Å². The third kappa shape index (κ3) is 4.55. The van der Waals surface area contributed by atoms with Gasteiger partial charge in [0.05, 0.1) is 11.7 Å². The zero-order valence-corrected chi connectivity index (χ0v) is 17.8. The first-order valence-corrected chi connectivity index (χ1v) is 10.9. The molecule has 1 atom stereocenters. The van der Waals surface area contributed by atoms with Crippen LogP contribution in [0.1, 0.15) is 35.8 Å². The van der Waals surface area contributed by atoms with Crippen molar-refractivity contribution in [3.8, 4) is 17.4 Å². The molecule has 2 aliphatic heterocycles. The van der Waals surface area contributed by atoms with Gasteiger partial charge in [-0.2, -0.15) is 0 Å². The molecule has 5 rings (SSSR count). The van der Waals surface area contributed by atoms with Crippen LogP contribution in [0.3, 0.4) is 0 Å². The molecule has 1 N–H and O–H groups in total. The first kappa shape index (κ1) is 20.0. The van der Waals surface area contributed by atoms with Gasteiger partial charge in [0.2, 0.25) is 12.7 Å². The number of aromatic nitrogens is 4. The highest BCUT2D eigenvalue weighted by Crippen LogP contribution is 2.33. The summed E-state index contributed by atoms with van der Waals surface area (Å²) >= 11 is 0. The maximum atomic E-state index is 5.46. The third-order valence-electron chi connectivity index (χ3n) is 5.91. The molecule has 31 heavy (non-hydrogen) atoms. The van der Waals surface area contributed by atoms with E-state index in [1.165, 1.54) is 12.0 Å². The highest BCUT2D eigenvalue weighted by molar-refractivity contribution is 5.44. The highest BCUT2D eigenvalue weighted by atomic mass is 16.7. The molecule has 0 aliphatic carbocycles. The summed E-state index contributed by atoms with van der Waals surface area (Å²) < 4.78 is 12.7. The van der Waals surface area contributed by atoms with Gasteiger partial charge in [0.15, 0.2) is 11.5 Å². The number of likely N-dealkylation sites (tertiary alicyclic amines) is 1. The predicted octanol–water partition coefficient (Wildman–Crippen LogP) is 2.67. The lowest BCUT2D eigenvalue weighted by molar-refractivity contribution is 0.174. The Labute approximate surface area is 182 Å². The van der Waals surface area contributed by atoms with Gasteiger partial charge in [0.25, 0.3) is 0 Å². The Kier molecular flexibility index (Phi) is 5.82. The molecule has 8 nitrogen and oxygen atoms in total. The second-order valence-corrected chi connectivity index (χ2v) is 8.09. The maximum Gasteiger partial charge on any atom is 0.235 e. The van der Waals surface area contributed by atoms with Crippen LogP contribution in [0.25, 0.3) is 5.95 Å². The largest absolute Gasteiger partial charge is 0.454 e. The zero-order chi connectivity index (χ0) is 21.0. The summed E-state index contributed by atoms with van der Waals surface area (Å²) in [5, 5.41) is 3.59. The smallest absolute Gasteiger partial charge is 0.235 e. The quantitative estimate of drug-likeness (QED) is 0.562. The van der Waals surface area contributed by atoms with Gasteiger partial charge in [-0.15, -0.1) is 0 Å². The van der Waals surface area contributed by atoms with Gasteiger partial charge in [-0.1, -0.05) is 6.07 Å². The van der Waals surface area contributed by atoms with Crippen molar-refractivity contribution >= 4 is 0 Å². The Balaban J connectivity index is 1.14. The highest BCUT2D eigenvalue weighted by Gasteiger charge is 2.27. The van der Waals surface area contributed by atoms with Gasteiger partial charge < -0.3 is 14.8 Å². The Morgan fingerprint density at radius 2 is 2.06 bits per heavy atom. The molecule has 0 saturated carbocycles. The summed E-state index contributed by atoms with van der Waals surface area (Å²) in [6.07, 6.45) is 8.69. The van der Waals surface area contributed by atoms with Crippen LogP contribution in [0.15, 0.2) is 43.0 Å². The van der Waals surface area contributed by atoms with Crippen LogP contribution >= 0.6 is 0 Å². The van der Waals surface area contributed by atoms with E-state index in [0.29, 0.717) is 18.8 Å². The van der Waals surface area contributed by atoms with E-state index >= 15 is 0 Å². The van der Waals surface area contributed by atoms with Crippen molar-refractivity contribution in [1.29, 1.82) is 0 Å². The molecular weight excluding hydrogens is 392 g/mol. The lowest BCUT2D eigenvalue weighted by atomic mass is 10.1. The van der Waals surface area contributed by atoms with E-state index in [1.807, 2.05) is 23.8 Å². The minimum absolute atomic E-state index is 0.323. The van der Waals surface area contributed by atoms with Crippen molar-refractivity contribution in [2.45, 2.75) is 32.2 Å². The fourth-order valence-corrected chi connectivity index (χ4v) is 4.35. The first-order chi connectivity index (χ1) is 15.3. The van der Waals surface area contributed by atoms with Crippen molar-refractivity contribution < 1.29 is 9.47 Å². The van der Waals surface area contributed by atoms with Crippen LogP contribution in [0.5, 0.6) is 11.5 Å². The fraction of sp³-hybridized carbons (Fsp3) is 0.435. The standard InChI is InChI=1S/C23H28N6O2/c1-17-13-19(27-23(26-17)29-12-9-25-15-29)20-3-2-10-28(20)11-8-24-7-6-18-4-5-21-22(14-18)31-16-30-21/h4-5,9,12-15,20,24H,2-3,6-8,10-11,16H2,1H3. The van der Waals surface area contributed by atoms with Gasteiger partial charge >= 0.3 is 0 Å². The lowest BCUT2D eigenvalue weighted by Crippen LogP contribution is -2.33. The molecule has 1 unspecified atom stereocenters. The van der Waals surface area contributed by atoms with Crippen LogP contribution < -0.4 is 14.8 Å². The van der Waals surface area contributed by atoms with Crippen molar-refractivity contribution in [2.75, 3.05) is 33.0 Å². The number of imidazole rings is 1. The molecule has 1 fully saturated rings. The van der Waals surface area contributed by atoms with E-state index in [0.717, 1.165) is 61.9 Å². The number of hydrogen-bond donors (Lipinski definition) is 1. The molecule has 0 spiro atoms. The second kappa shape index (κ2) is 9.03. The minimum Gasteiger partial charge on any atom is -0.454 e. The Morgan fingerprint density at radius 1 is 1.13 bits per heavy atom. The molecule has 2 aliphatic rings. The van der Waals surface area contributed by atoms with Crippen LogP contribution in [-0.4, -0.2) is 57.4 Å². The van der Waals surface area contributed by atoms with E-state index in [4.69, 9.17) is 14.5 Å². The van der Waals surface area contributed by atoms with Crippen LogP contribution in [0, 0.1) is 6.92 Å². The molecule has 2 aromatic heterocycles. The number of aryl methyl sites for hydroxylation is 1. The molecule has 3 aromatic rings. The van der Waals surface area contributed by atoms with E-state index in [-0.39, 0.29) is 0 Å². The van der Waals surface area contributed by atoms with E-state index in [9.17, 15) is 0 Å². The van der Waals surface area contributed by atoms with E-state index in [1.54, 1.807) is 12.5 Å². The molecule has 0 radical (unpaired) electrons. The van der Waals surface area contributed by atoms with Crippen molar-refractivity contribution in [2.24, 2.45) is 0 Å². The van der Waals surface area contributed by atoms with Gasteiger partial charge in [0, 0.05) is 31.2 Å². The van der Waals surface area contributed by atoms with Crippen LogP contribution in [-0.2, 0) is 6.42 Å². The second-order valence-electron chi connectivity index (χ2n) is 8.09. The summed E-state index contributed by atoms with van der Waals surface area (Å²) in [6, 6.07) is 8.65. The Bertz CT molecular complexity index is 1020. The number of benzene rings is 1. The molecule has 0 amide bonds. The summed E-state index contributed by atoms with van der Waals surface area (Å²) in [6.45, 7) is 6.37. The summed E-state index contributed by atoms with van der Waals surface area (Å²) in [5.74, 6) is 2.39. The van der Waals surface area contributed by atoms with Gasteiger partial charge in [-0.3, -0.25) is 9.47 Å². The summed E-state index contributed by atoms with van der Waals surface area (Å²) in [5.41, 5.74) is 3.36. The normalized spacial score (nSPS) is 18.0. The maximum absolute atomic E-state index is 5.46. The molecule has 0 bridgehead atoms. The molecular formula is C23H28N6O2. The summed E-state index contributed by atoms with van der Waals surface area (Å²) in [4.78, 5) is 16.1. The SMILES string of the molecule is Cc1cc(C2CCCN2CCNCCc2ccc3c(c2)OCO3)nc(-n2ccnc2)n1. The average Bonchev–Trinajstić information content (AvgIpc) is 3.54. The van der Waals surface area contributed by atoms with Crippen molar-refractivity contribution in [3.63, 3.8) is 0 Å². The number of fused-ring (bicyclic) bond motifs is 1. The van der Waals surface area contributed by atoms with Crippen molar-refractivity contribution in [3.05, 3.63) is 59.9 Å². The molecule has 162 valence electrons. The molecule has 4 heterocycles. The molecule has 1 saturated heterocycles. The summed E-state index contributed by atoms with van der Waals surface area (Å²) in [7, 11) is 0. The Morgan fingerprint density at radius 3 is 2.97 bits per heavy atom. The van der Waals surface area contributed by atoms with E-state index < -0.39 is 0 Å². The third-order valence-corrected chi connectivity index (χ3v) is 5.91. The number of nitrogens with one attached hydrogen (secondary N) is 1. The van der Waals surface area contributed by atoms with Gasteiger partial charge in [-0.05, 0) is 63.0 Å². The molecule has 1 aromatic carbocycles. The van der Waals surface area contributed by atoms with Crippen LogP contribution in [0.2, 0.25) is 0 Å². The Hall–Kier alpha value is -2.97. The topological polar surface area (TPSA) is 77.3 Å². The lowest BCUT2D eigenvalue weighted by Gasteiger charge is -2.24. The van der Waals surface area contributed by atoms with Gasteiger partial charge in [-0.25, -0.2) is 15.0 Å². The van der Waals surface area contributed by atoms with Gasteiger partial charge in [0.1, 0.15) is 6.33 Å². The first-order valence-electron chi connectivity index (χ1n) is 10.9. The minimum atomic E-state index is 0.323. The number of rotatable bonds is 8. The monoisotopic (exact) mass is 420 g/mol. The predicted molar refractivity (Wildman–Crippen MR) is 117 cm³/mol.